The van der Waals surface area contributed by atoms with Crippen LogP contribution in [0.1, 0.15) is 5.56 Å². The molecule has 0 spiro atoms. The van der Waals surface area contributed by atoms with Gasteiger partial charge in [-0.15, -0.1) is 5.10 Å². The molecule has 3 rings (SSSR count). The number of nitrogens with zero attached hydrogens (tertiary/aromatic N) is 4. The predicted octanol–water partition coefficient (Wildman–Crippen LogP) is 0.630. The quantitative estimate of drug-likeness (QED) is 0.711. The van der Waals surface area contributed by atoms with E-state index in [4.69, 9.17) is 0 Å². The van der Waals surface area contributed by atoms with Gasteiger partial charge in [0.2, 0.25) is 0 Å². The summed E-state index contributed by atoms with van der Waals surface area (Å²) in [6.07, 6.45) is 2.70. The average molecular weight is 187 g/mol. The Morgan fingerprint density at radius 1 is 1.36 bits per heavy atom. The van der Waals surface area contributed by atoms with Gasteiger partial charge < -0.3 is 5.32 Å². The Kier molecular flexibility index (Phi) is 1.50. The first-order valence-electron chi connectivity index (χ1n) is 4.54. The molecule has 1 aromatic heterocycles. The van der Waals surface area contributed by atoms with Crippen molar-refractivity contribution in [1.82, 2.24) is 20.2 Å². The minimum absolute atomic E-state index is 0.989. The number of anilines is 1. The summed E-state index contributed by atoms with van der Waals surface area (Å²) in [4.78, 5) is 0. The largest absolute Gasteiger partial charge is 0.384 e. The van der Waals surface area contributed by atoms with E-state index in [0.717, 1.165) is 18.7 Å². The number of rotatable bonds is 1. The molecule has 0 radical (unpaired) electrons. The van der Waals surface area contributed by atoms with Gasteiger partial charge in [0, 0.05) is 12.2 Å². The zero-order valence-corrected chi connectivity index (χ0v) is 7.51. The summed E-state index contributed by atoms with van der Waals surface area (Å²) in [5, 5.41) is 14.4. The molecule has 0 aliphatic carbocycles. The Morgan fingerprint density at radius 2 is 2.36 bits per heavy atom. The molecule has 5 nitrogen and oxygen atoms in total. The molecule has 0 unspecified atom stereocenters. The highest BCUT2D eigenvalue weighted by molar-refractivity contribution is 5.60. The van der Waals surface area contributed by atoms with Crippen molar-refractivity contribution in [1.29, 1.82) is 0 Å². The molecule has 2 aromatic rings. The average Bonchev–Trinajstić information content (AvgIpc) is 2.88. The van der Waals surface area contributed by atoms with Crippen molar-refractivity contribution >= 4 is 5.69 Å². The fourth-order valence-corrected chi connectivity index (χ4v) is 1.70. The number of hydrogen-bond donors (Lipinski definition) is 1. The Hall–Kier alpha value is -1.91. The fraction of sp³-hybridized carbons (Fsp3) is 0.222. The van der Waals surface area contributed by atoms with E-state index in [1.54, 1.807) is 11.0 Å². The monoisotopic (exact) mass is 187 g/mol. The van der Waals surface area contributed by atoms with Crippen LogP contribution in [-0.4, -0.2) is 26.8 Å². The molecule has 0 fully saturated rings. The van der Waals surface area contributed by atoms with Crippen LogP contribution >= 0.6 is 0 Å². The maximum absolute atomic E-state index is 3.84. The van der Waals surface area contributed by atoms with Crippen molar-refractivity contribution in [2.24, 2.45) is 0 Å². The molecule has 1 N–H and O–H groups in total. The van der Waals surface area contributed by atoms with Gasteiger partial charge in [0.1, 0.15) is 6.33 Å². The molecule has 1 aliphatic heterocycles. The molecule has 0 atom stereocenters. The Balaban J connectivity index is 2.09. The first-order chi connectivity index (χ1) is 6.93. The van der Waals surface area contributed by atoms with Crippen LogP contribution in [0.2, 0.25) is 0 Å². The highest BCUT2D eigenvalue weighted by Gasteiger charge is 2.10. The van der Waals surface area contributed by atoms with Gasteiger partial charge in [0.05, 0.1) is 5.69 Å². The molecule has 5 heteroatoms. The van der Waals surface area contributed by atoms with Crippen molar-refractivity contribution in [3.63, 3.8) is 0 Å². The minimum Gasteiger partial charge on any atom is -0.384 e. The number of tetrazole rings is 1. The van der Waals surface area contributed by atoms with Gasteiger partial charge in [0.15, 0.2) is 0 Å². The Labute approximate surface area is 80.7 Å². The first-order valence-corrected chi connectivity index (χ1v) is 4.54. The van der Waals surface area contributed by atoms with E-state index in [2.05, 4.69) is 33.0 Å². The third-order valence-electron chi connectivity index (χ3n) is 2.42. The molecule has 70 valence electrons. The van der Waals surface area contributed by atoms with Gasteiger partial charge in [-0.2, -0.15) is 0 Å². The Bertz CT molecular complexity index is 448. The van der Waals surface area contributed by atoms with Gasteiger partial charge in [-0.05, 0) is 34.5 Å². The molecule has 1 aliphatic rings. The molecule has 0 amide bonds. The highest BCUT2D eigenvalue weighted by Crippen LogP contribution is 2.24. The molecule has 0 saturated carbocycles. The van der Waals surface area contributed by atoms with Crippen molar-refractivity contribution in [2.45, 2.75) is 6.42 Å². The predicted molar refractivity (Wildman–Crippen MR) is 51.3 cm³/mol. The van der Waals surface area contributed by atoms with Crippen molar-refractivity contribution in [2.75, 3.05) is 11.9 Å². The van der Waals surface area contributed by atoms with Crippen LogP contribution < -0.4 is 5.32 Å². The van der Waals surface area contributed by atoms with E-state index in [9.17, 15) is 0 Å². The van der Waals surface area contributed by atoms with Crippen LogP contribution in [0.3, 0.4) is 0 Å². The van der Waals surface area contributed by atoms with Crippen LogP contribution in [0, 0.1) is 0 Å². The number of benzene rings is 1. The van der Waals surface area contributed by atoms with E-state index in [1.807, 2.05) is 6.07 Å². The lowest BCUT2D eigenvalue weighted by Crippen LogP contribution is -1.96. The van der Waals surface area contributed by atoms with Crippen LogP contribution in [0.15, 0.2) is 24.5 Å². The summed E-state index contributed by atoms with van der Waals surface area (Å²) in [6.45, 7) is 1.02. The number of nitrogens with one attached hydrogen (secondary N) is 1. The van der Waals surface area contributed by atoms with Crippen molar-refractivity contribution in [3.8, 4) is 5.69 Å². The lowest BCUT2D eigenvalue weighted by Gasteiger charge is -2.03. The zero-order valence-electron chi connectivity index (χ0n) is 7.51. The SMILES string of the molecule is c1cc2c(cc1-n1cnnn1)NCC2. The fourth-order valence-electron chi connectivity index (χ4n) is 1.70. The summed E-state index contributed by atoms with van der Waals surface area (Å²) in [7, 11) is 0. The molecular formula is C9H9N5. The van der Waals surface area contributed by atoms with Gasteiger partial charge in [0.25, 0.3) is 0 Å². The summed E-state index contributed by atoms with van der Waals surface area (Å²) in [6, 6.07) is 6.22. The van der Waals surface area contributed by atoms with Crippen LogP contribution in [-0.2, 0) is 6.42 Å². The zero-order chi connectivity index (χ0) is 9.38. The minimum atomic E-state index is 0.989. The molecule has 1 aromatic carbocycles. The van der Waals surface area contributed by atoms with E-state index >= 15 is 0 Å². The van der Waals surface area contributed by atoms with Crippen molar-refractivity contribution in [3.05, 3.63) is 30.1 Å². The second kappa shape index (κ2) is 2.80. The maximum Gasteiger partial charge on any atom is 0.143 e. The summed E-state index contributed by atoms with van der Waals surface area (Å²) < 4.78 is 1.65. The molecule has 14 heavy (non-hydrogen) atoms. The van der Waals surface area contributed by atoms with Crippen LogP contribution in [0.4, 0.5) is 5.69 Å². The van der Waals surface area contributed by atoms with Gasteiger partial charge >= 0.3 is 0 Å². The van der Waals surface area contributed by atoms with Crippen molar-refractivity contribution < 1.29 is 0 Å². The smallest absolute Gasteiger partial charge is 0.143 e. The number of fused-ring (bicyclic) bond motifs is 1. The normalized spacial score (nSPS) is 13.7. The van der Waals surface area contributed by atoms with E-state index in [0.29, 0.717) is 0 Å². The summed E-state index contributed by atoms with van der Waals surface area (Å²) in [5.74, 6) is 0. The van der Waals surface area contributed by atoms with Gasteiger partial charge in [-0.1, -0.05) is 6.07 Å². The molecule has 0 saturated heterocycles. The van der Waals surface area contributed by atoms with Crippen LogP contribution in [0.5, 0.6) is 0 Å². The maximum atomic E-state index is 3.84. The second-order valence-corrected chi connectivity index (χ2v) is 3.27. The third-order valence-corrected chi connectivity index (χ3v) is 2.42. The lowest BCUT2D eigenvalue weighted by atomic mass is 10.1. The summed E-state index contributed by atoms with van der Waals surface area (Å²) in [5.41, 5.74) is 3.54. The molecule has 0 bridgehead atoms. The topological polar surface area (TPSA) is 55.6 Å². The summed E-state index contributed by atoms with van der Waals surface area (Å²) >= 11 is 0. The first kappa shape index (κ1) is 7.49. The number of hydrogen-bond acceptors (Lipinski definition) is 4. The van der Waals surface area contributed by atoms with Gasteiger partial charge in [-0.3, -0.25) is 0 Å². The van der Waals surface area contributed by atoms with E-state index in [1.165, 1.54) is 11.3 Å². The van der Waals surface area contributed by atoms with E-state index < -0.39 is 0 Å². The second-order valence-electron chi connectivity index (χ2n) is 3.27. The molecular weight excluding hydrogens is 178 g/mol. The third kappa shape index (κ3) is 1.06. The molecule has 2 heterocycles. The Morgan fingerprint density at radius 3 is 3.21 bits per heavy atom. The van der Waals surface area contributed by atoms with Crippen LogP contribution in [0.25, 0.3) is 5.69 Å². The van der Waals surface area contributed by atoms with E-state index in [-0.39, 0.29) is 0 Å². The number of aromatic nitrogens is 4. The lowest BCUT2D eigenvalue weighted by molar-refractivity contribution is 0.789. The standard InChI is InChI=1S/C9H9N5/c1-2-8(14-6-11-12-13-14)5-9-7(1)3-4-10-9/h1-2,5-6,10H,3-4H2. The highest BCUT2D eigenvalue weighted by atomic mass is 15.5. The van der Waals surface area contributed by atoms with Gasteiger partial charge in [-0.25, -0.2) is 4.68 Å².